The van der Waals surface area contributed by atoms with Crippen molar-refractivity contribution in [2.24, 2.45) is 5.10 Å². The molecule has 7 heteroatoms. The van der Waals surface area contributed by atoms with E-state index in [1.165, 1.54) is 6.21 Å². The highest BCUT2D eigenvalue weighted by molar-refractivity contribution is 6.33. The monoisotopic (exact) mass is 548 g/mol. The predicted octanol–water partition coefficient (Wildman–Crippen LogP) is 7.30. The minimum Gasteiger partial charge on any atom is -0.481 e. The van der Waals surface area contributed by atoms with E-state index in [1.807, 2.05) is 84.9 Å². The summed E-state index contributed by atoms with van der Waals surface area (Å²) in [4.78, 5) is 25.6. The molecule has 0 aliphatic heterocycles. The molecule has 5 aromatic rings. The Morgan fingerprint density at radius 2 is 1.48 bits per heavy atom. The first-order valence-corrected chi connectivity index (χ1v) is 13.0. The van der Waals surface area contributed by atoms with Crippen LogP contribution in [0.2, 0.25) is 5.02 Å². The minimum atomic E-state index is -0.801. The van der Waals surface area contributed by atoms with Crippen LogP contribution in [0, 0.1) is 0 Å². The van der Waals surface area contributed by atoms with Crippen molar-refractivity contribution in [3.63, 3.8) is 0 Å². The lowest BCUT2D eigenvalue weighted by Gasteiger charge is -2.14. The van der Waals surface area contributed by atoms with Gasteiger partial charge in [-0.05, 0) is 59.2 Å². The lowest BCUT2D eigenvalue weighted by molar-refractivity contribution is -0.127. The van der Waals surface area contributed by atoms with Crippen LogP contribution in [-0.2, 0) is 4.79 Å². The first-order chi connectivity index (χ1) is 19.5. The van der Waals surface area contributed by atoms with Gasteiger partial charge in [0.2, 0.25) is 0 Å². The summed E-state index contributed by atoms with van der Waals surface area (Å²) in [6, 6.07) is 35.3. The van der Waals surface area contributed by atoms with Crippen molar-refractivity contribution in [3.8, 4) is 22.6 Å². The standard InChI is InChI=1S/C33H25ClN2O4/c1-22(39-26-18-15-24(16-19-26)23-9-3-2-4-10-23)32(37)36-35-21-29-27-12-6-5-11-25(27)17-20-31(29)40-33(38)28-13-7-8-14-30(28)34/h2-22H,1H3,(H,36,37)/b35-21-/t22-/m1/s1. The zero-order valence-electron chi connectivity index (χ0n) is 21.6. The topological polar surface area (TPSA) is 77.0 Å². The molecule has 0 saturated carbocycles. The maximum absolute atomic E-state index is 12.8. The van der Waals surface area contributed by atoms with E-state index in [2.05, 4.69) is 10.5 Å². The summed E-state index contributed by atoms with van der Waals surface area (Å²) in [5.74, 6) is -0.184. The second-order valence-electron chi connectivity index (χ2n) is 8.95. The van der Waals surface area contributed by atoms with Gasteiger partial charge in [-0.15, -0.1) is 0 Å². The summed E-state index contributed by atoms with van der Waals surface area (Å²) in [6.07, 6.45) is 0.654. The molecular weight excluding hydrogens is 524 g/mol. The molecule has 0 heterocycles. The van der Waals surface area contributed by atoms with Gasteiger partial charge in [-0.2, -0.15) is 5.10 Å². The molecule has 1 atom stereocenters. The summed E-state index contributed by atoms with van der Waals surface area (Å²) in [5, 5.41) is 6.15. The first kappa shape index (κ1) is 26.7. The number of rotatable bonds is 8. The van der Waals surface area contributed by atoms with Crippen LogP contribution in [0.3, 0.4) is 0 Å². The number of benzene rings is 5. The number of nitrogens with one attached hydrogen (secondary N) is 1. The van der Waals surface area contributed by atoms with Gasteiger partial charge >= 0.3 is 5.97 Å². The summed E-state index contributed by atoms with van der Waals surface area (Å²) >= 11 is 6.18. The van der Waals surface area contributed by atoms with Gasteiger partial charge in [0.25, 0.3) is 5.91 Å². The molecule has 0 radical (unpaired) electrons. The molecular formula is C33H25ClN2O4. The van der Waals surface area contributed by atoms with Crippen LogP contribution >= 0.6 is 11.6 Å². The SMILES string of the molecule is C[C@@H](Oc1ccc(-c2ccccc2)cc1)C(=O)N/N=C\c1c(OC(=O)c2ccccc2Cl)ccc2ccccc12. The number of hydrazone groups is 1. The average Bonchev–Trinajstić information content (AvgIpc) is 2.99. The third-order valence-corrected chi connectivity index (χ3v) is 6.57. The maximum Gasteiger partial charge on any atom is 0.345 e. The van der Waals surface area contributed by atoms with Gasteiger partial charge in [-0.25, -0.2) is 10.2 Å². The third kappa shape index (κ3) is 6.20. The number of nitrogens with zero attached hydrogens (tertiary/aromatic N) is 1. The van der Waals surface area contributed by atoms with Gasteiger partial charge < -0.3 is 9.47 Å². The second kappa shape index (κ2) is 12.3. The minimum absolute atomic E-state index is 0.247. The zero-order valence-corrected chi connectivity index (χ0v) is 22.3. The van der Waals surface area contributed by atoms with E-state index < -0.39 is 18.0 Å². The number of esters is 1. The van der Waals surface area contributed by atoms with Gasteiger partial charge in [0.05, 0.1) is 16.8 Å². The molecule has 0 bridgehead atoms. The smallest absolute Gasteiger partial charge is 0.345 e. The molecule has 1 N–H and O–H groups in total. The number of carbonyl (C=O) groups excluding carboxylic acids is 2. The molecule has 0 saturated heterocycles. The fourth-order valence-electron chi connectivity index (χ4n) is 4.14. The van der Waals surface area contributed by atoms with Crippen LogP contribution in [0.5, 0.6) is 11.5 Å². The van der Waals surface area contributed by atoms with Crippen LogP contribution in [-0.4, -0.2) is 24.2 Å². The van der Waals surface area contributed by atoms with E-state index in [4.69, 9.17) is 21.1 Å². The quantitative estimate of drug-likeness (QED) is 0.0955. The molecule has 0 fully saturated rings. The molecule has 0 unspecified atom stereocenters. The second-order valence-corrected chi connectivity index (χ2v) is 9.36. The van der Waals surface area contributed by atoms with Crippen LogP contribution in [0.15, 0.2) is 120 Å². The van der Waals surface area contributed by atoms with Crippen molar-refractivity contribution < 1.29 is 19.1 Å². The molecule has 1 amide bonds. The Morgan fingerprint density at radius 3 is 2.25 bits per heavy atom. The highest BCUT2D eigenvalue weighted by atomic mass is 35.5. The number of amides is 1. The molecule has 198 valence electrons. The van der Waals surface area contributed by atoms with Gasteiger partial charge in [0.15, 0.2) is 6.10 Å². The van der Waals surface area contributed by atoms with Crippen molar-refractivity contribution in [3.05, 3.63) is 131 Å². The van der Waals surface area contributed by atoms with E-state index >= 15 is 0 Å². The number of hydrogen-bond acceptors (Lipinski definition) is 5. The normalized spacial score (nSPS) is 11.8. The fourth-order valence-corrected chi connectivity index (χ4v) is 4.36. The lowest BCUT2D eigenvalue weighted by Crippen LogP contribution is -2.33. The summed E-state index contributed by atoms with van der Waals surface area (Å²) in [5.41, 5.74) is 5.44. The Morgan fingerprint density at radius 1 is 0.800 bits per heavy atom. The molecule has 0 aliphatic carbocycles. The third-order valence-electron chi connectivity index (χ3n) is 6.24. The molecule has 5 rings (SSSR count). The number of halogens is 1. The average molecular weight is 549 g/mol. The first-order valence-electron chi connectivity index (χ1n) is 12.6. The van der Waals surface area contributed by atoms with Crippen molar-refractivity contribution in [1.82, 2.24) is 5.43 Å². The van der Waals surface area contributed by atoms with Crippen LogP contribution in [0.4, 0.5) is 0 Å². The molecule has 6 nitrogen and oxygen atoms in total. The highest BCUT2D eigenvalue weighted by Crippen LogP contribution is 2.28. The van der Waals surface area contributed by atoms with Crippen LogP contribution in [0.25, 0.3) is 21.9 Å². The predicted molar refractivity (Wildman–Crippen MR) is 158 cm³/mol. The van der Waals surface area contributed by atoms with E-state index in [0.29, 0.717) is 16.3 Å². The van der Waals surface area contributed by atoms with E-state index in [0.717, 1.165) is 21.9 Å². The number of hydrogen-bond donors (Lipinski definition) is 1. The Bertz CT molecular complexity index is 1680. The molecule has 40 heavy (non-hydrogen) atoms. The van der Waals surface area contributed by atoms with Crippen molar-refractivity contribution >= 4 is 40.5 Å². The summed E-state index contributed by atoms with van der Waals surface area (Å²) in [7, 11) is 0. The van der Waals surface area contributed by atoms with Crippen LogP contribution in [0.1, 0.15) is 22.8 Å². The Kier molecular flexibility index (Phi) is 8.18. The van der Waals surface area contributed by atoms with E-state index in [1.54, 1.807) is 37.3 Å². The van der Waals surface area contributed by atoms with Gasteiger partial charge in [-0.3, -0.25) is 4.79 Å². The summed E-state index contributed by atoms with van der Waals surface area (Å²) < 4.78 is 11.5. The highest BCUT2D eigenvalue weighted by Gasteiger charge is 2.17. The number of carbonyl (C=O) groups is 2. The number of fused-ring (bicyclic) bond motifs is 1. The van der Waals surface area contributed by atoms with Crippen molar-refractivity contribution in [2.75, 3.05) is 0 Å². The largest absolute Gasteiger partial charge is 0.481 e. The fraction of sp³-hybridized carbons (Fsp3) is 0.0606. The molecule has 0 aliphatic rings. The van der Waals surface area contributed by atoms with E-state index in [-0.39, 0.29) is 11.3 Å². The maximum atomic E-state index is 12.8. The summed E-state index contributed by atoms with van der Waals surface area (Å²) in [6.45, 7) is 1.64. The Labute approximate surface area is 236 Å². The van der Waals surface area contributed by atoms with E-state index in [9.17, 15) is 9.59 Å². The Hall–Kier alpha value is -4.94. The lowest BCUT2D eigenvalue weighted by atomic mass is 10.0. The molecule has 0 aromatic heterocycles. The number of ether oxygens (including phenoxy) is 2. The zero-order chi connectivity index (χ0) is 27.9. The van der Waals surface area contributed by atoms with Gasteiger partial charge in [-0.1, -0.05) is 96.5 Å². The van der Waals surface area contributed by atoms with Gasteiger partial charge in [0, 0.05) is 5.56 Å². The van der Waals surface area contributed by atoms with Gasteiger partial charge in [0.1, 0.15) is 11.5 Å². The van der Waals surface area contributed by atoms with Crippen LogP contribution < -0.4 is 14.9 Å². The molecule has 0 spiro atoms. The van der Waals surface area contributed by atoms with Crippen molar-refractivity contribution in [2.45, 2.75) is 13.0 Å². The molecule has 5 aromatic carbocycles. The Balaban J connectivity index is 1.29. The van der Waals surface area contributed by atoms with Crippen molar-refractivity contribution in [1.29, 1.82) is 0 Å².